The van der Waals surface area contributed by atoms with Crippen LogP contribution >= 0.6 is 11.8 Å². The van der Waals surface area contributed by atoms with Crippen LogP contribution in [0.5, 0.6) is 0 Å². The zero-order valence-electron chi connectivity index (χ0n) is 15.0. The summed E-state index contributed by atoms with van der Waals surface area (Å²) in [5.74, 6) is -0.0456. The SMILES string of the molecule is Cc1cc(C)c(NC(=O)C(C)Sc2ncnc3c2cnn3C)c(C)c1. The molecule has 7 heteroatoms. The van der Waals surface area contributed by atoms with E-state index in [1.54, 1.807) is 10.9 Å². The lowest BCUT2D eigenvalue weighted by molar-refractivity contribution is -0.115. The van der Waals surface area contributed by atoms with Crippen LogP contribution in [0.2, 0.25) is 0 Å². The molecule has 25 heavy (non-hydrogen) atoms. The first-order valence-electron chi connectivity index (χ1n) is 8.05. The highest BCUT2D eigenvalue weighted by Gasteiger charge is 2.19. The van der Waals surface area contributed by atoms with Crippen LogP contribution < -0.4 is 5.32 Å². The number of aromatic nitrogens is 4. The van der Waals surface area contributed by atoms with Crippen LogP contribution in [-0.4, -0.2) is 30.9 Å². The molecule has 2 aromatic heterocycles. The Hall–Kier alpha value is -2.41. The first-order valence-corrected chi connectivity index (χ1v) is 8.93. The topological polar surface area (TPSA) is 72.7 Å². The summed E-state index contributed by atoms with van der Waals surface area (Å²) in [6.07, 6.45) is 3.24. The molecule has 1 N–H and O–H groups in total. The average molecular weight is 355 g/mol. The van der Waals surface area contributed by atoms with Crippen LogP contribution in [0.4, 0.5) is 5.69 Å². The number of rotatable bonds is 4. The van der Waals surface area contributed by atoms with Gasteiger partial charge in [0.15, 0.2) is 5.65 Å². The zero-order chi connectivity index (χ0) is 18.1. The number of benzene rings is 1. The molecule has 0 saturated heterocycles. The van der Waals surface area contributed by atoms with E-state index in [-0.39, 0.29) is 11.2 Å². The molecule has 1 amide bonds. The standard InChI is InChI=1S/C18H21N5OS/c1-10-6-11(2)15(12(3)7-10)22-17(24)13(4)25-18-14-8-21-23(5)16(14)19-9-20-18/h6-9,13H,1-5H3,(H,22,24). The van der Waals surface area contributed by atoms with Crippen LogP contribution in [0.15, 0.2) is 29.7 Å². The van der Waals surface area contributed by atoms with Crippen molar-refractivity contribution in [1.29, 1.82) is 0 Å². The molecule has 2 heterocycles. The largest absolute Gasteiger partial charge is 0.325 e. The Balaban J connectivity index is 1.79. The van der Waals surface area contributed by atoms with Gasteiger partial charge < -0.3 is 5.32 Å². The van der Waals surface area contributed by atoms with Gasteiger partial charge in [-0.25, -0.2) is 9.97 Å². The van der Waals surface area contributed by atoms with Gasteiger partial charge in [0.05, 0.1) is 16.8 Å². The molecule has 0 fully saturated rings. The van der Waals surface area contributed by atoms with Gasteiger partial charge in [0.2, 0.25) is 5.91 Å². The summed E-state index contributed by atoms with van der Waals surface area (Å²) in [4.78, 5) is 21.2. The van der Waals surface area contributed by atoms with Crippen molar-refractivity contribution in [2.75, 3.05) is 5.32 Å². The van der Waals surface area contributed by atoms with Crippen molar-refractivity contribution in [3.05, 3.63) is 41.3 Å². The summed E-state index contributed by atoms with van der Waals surface area (Å²) in [5.41, 5.74) is 4.97. The molecule has 0 saturated carbocycles. The minimum Gasteiger partial charge on any atom is -0.325 e. The Morgan fingerprint density at radius 2 is 1.88 bits per heavy atom. The molecule has 130 valence electrons. The number of anilines is 1. The summed E-state index contributed by atoms with van der Waals surface area (Å²) in [7, 11) is 1.84. The monoisotopic (exact) mass is 355 g/mol. The smallest absolute Gasteiger partial charge is 0.237 e. The third-order valence-electron chi connectivity index (χ3n) is 4.08. The molecule has 0 radical (unpaired) electrons. The highest BCUT2D eigenvalue weighted by molar-refractivity contribution is 8.00. The summed E-state index contributed by atoms with van der Waals surface area (Å²) in [6.45, 7) is 7.95. The van der Waals surface area contributed by atoms with Crippen molar-refractivity contribution in [3.8, 4) is 0 Å². The molecular formula is C18H21N5OS. The molecule has 0 spiro atoms. The van der Waals surface area contributed by atoms with Gasteiger partial charge in [-0.3, -0.25) is 9.48 Å². The van der Waals surface area contributed by atoms with E-state index in [2.05, 4.69) is 39.4 Å². The van der Waals surface area contributed by atoms with Gasteiger partial charge >= 0.3 is 0 Å². The molecule has 6 nitrogen and oxygen atoms in total. The van der Waals surface area contributed by atoms with E-state index in [1.807, 2.05) is 27.8 Å². The molecule has 3 rings (SSSR count). The second-order valence-electron chi connectivity index (χ2n) is 6.21. The third-order valence-corrected chi connectivity index (χ3v) is 5.19. The van der Waals surface area contributed by atoms with Crippen LogP contribution in [0, 0.1) is 20.8 Å². The van der Waals surface area contributed by atoms with E-state index in [4.69, 9.17) is 0 Å². The summed E-state index contributed by atoms with van der Waals surface area (Å²) < 4.78 is 1.70. The Kier molecular flexibility index (Phi) is 4.76. The lowest BCUT2D eigenvalue weighted by Gasteiger charge is -2.16. The number of aryl methyl sites for hydroxylation is 4. The summed E-state index contributed by atoms with van der Waals surface area (Å²) >= 11 is 1.41. The van der Waals surface area contributed by atoms with Crippen LogP contribution in [0.3, 0.4) is 0 Å². The Labute approximate surface area is 151 Å². The molecule has 1 aromatic carbocycles. The molecular weight excluding hydrogens is 334 g/mol. The van der Waals surface area contributed by atoms with Gasteiger partial charge in [-0.1, -0.05) is 29.5 Å². The van der Waals surface area contributed by atoms with Gasteiger partial charge in [-0.15, -0.1) is 0 Å². The van der Waals surface area contributed by atoms with Gasteiger partial charge in [-0.2, -0.15) is 5.10 Å². The highest BCUT2D eigenvalue weighted by atomic mass is 32.2. The maximum atomic E-state index is 12.7. The van der Waals surface area contributed by atoms with E-state index >= 15 is 0 Å². The van der Waals surface area contributed by atoms with E-state index < -0.39 is 0 Å². The summed E-state index contributed by atoms with van der Waals surface area (Å²) in [5, 5.41) is 8.59. The number of thioether (sulfide) groups is 1. The molecule has 0 aliphatic rings. The number of amides is 1. The molecule has 1 unspecified atom stereocenters. The molecule has 3 aromatic rings. The van der Waals surface area contributed by atoms with E-state index in [0.717, 1.165) is 32.9 Å². The van der Waals surface area contributed by atoms with Crippen molar-refractivity contribution in [2.24, 2.45) is 7.05 Å². The number of carbonyl (C=O) groups is 1. The predicted octanol–water partition coefficient (Wildman–Crippen LogP) is 3.41. The van der Waals surface area contributed by atoms with Crippen molar-refractivity contribution in [3.63, 3.8) is 0 Å². The minimum atomic E-state index is -0.293. The maximum Gasteiger partial charge on any atom is 0.237 e. The number of hydrogen-bond donors (Lipinski definition) is 1. The van der Waals surface area contributed by atoms with Gasteiger partial charge in [0, 0.05) is 12.7 Å². The fourth-order valence-electron chi connectivity index (χ4n) is 2.86. The number of fused-ring (bicyclic) bond motifs is 1. The van der Waals surface area contributed by atoms with Crippen LogP contribution in [-0.2, 0) is 11.8 Å². The fourth-order valence-corrected chi connectivity index (χ4v) is 3.74. The van der Waals surface area contributed by atoms with Gasteiger partial charge in [0.25, 0.3) is 0 Å². The Morgan fingerprint density at radius 1 is 1.20 bits per heavy atom. The number of nitrogens with one attached hydrogen (secondary N) is 1. The van der Waals surface area contributed by atoms with Crippen molar-refractivity contribution in [1.82, 2.24) is 19.7 Å². The van der Waals surface area contributed by atoms with Crippen molar-refractivity contribution < 1.29 is 4.79 Å². The van der Waals surface area contributed by atoms with Crippen molar-refractivity contribution >= 4 is 34.4 Å². The second-order valence-corrected chi connectivity index (χ2v) is 7.54. The Bertz CT molecular complexity index is 927. The van der Waals surface area contributed by atoms with Gasteiger partial charge in [0.1, 0.15) is 11.4 Å². The first kappa shape index (κ1) is 17.4. The maximum absolute atomic E-state index is 12.7. The lowest BCUT2D eigenvalue weighted by Crippen LogP contribution is -2.23. The molecule has 1 atom stereocenters. The van der Waals surface area contributed by atoms with E-state index in [1.165, 1.54) is 23.7 Å². The zero-order valence-corrected chi connectivity index (χ0v) is 15.8. The average Bonchev–Trinajstić information content (AvgIpc) is 2.93. The van der Waals surface area contributed by atoms with E-state index in [0.29, 0.717) is 0 Å². The molecule has 0 aliphatic heterocycles. The number of nitrogens with zero attached hydrogens (tertiary/aromatic N) is 4. The second kappa shape index (κ2) is 6.84. The third kappa shape index (κ3) is 3.51. The molecule has 0 bridgehead atoms. The summed E-state index contributed by atoms with van der Waals surface area (Å²) in [6, 6.07) is 4.15. The van der Waals surface area contributed by atoms with Crippen LogP contribution in [0.25, 0.3) is 11.0 Å². The number of hydrogen-bond acceptors (Lipinski definition) is 5. The van der Waals surface area contributed by atoms with E-state index in [9.17, 15) is 4.79 Å². The number of carbonyl (C=O) groups excluding carboxylic acids is 1. The highest BCUT2D eigenvalue weighted by Crippen LogP contribution is 2.29. The normalized spacial score (nSPS) is 12.4. The minimum absolute atomic E-state index is 0.0456. The van der Waals surface area contributed by atoms with Crippen molar-refractivity contribution in [2.45, 2.75) is 38.0 Å². The lowest BCUT2D eigenvalue weighted by atomic mass is 10.1. The first-order chi connectivity index (χ1) is 11.9. The van der Waals surface area contributed by atoms with Gasteiger partial charge in [-0.05, 0) is 38.8 Å². The van der Waals surface area contributed by atoms with Crippen LogP contribution in [0.1, 0.15) is 23.6 Å². The Morgan fingerprint density at radius 3 is 2.56 bits per heavy atom. The predicted molar refractivity (Wildman–Crippen MR) is 101 cm³/mol. The fraction of sp³-hybridized carbons (Fsp3) is 0.333. The molecule has 0 aliphatic carbocycles. The quantitative estimate of drug-likeness (QED) is 0.573.